The predicted molar refractivity (Wildman–Crippen MR) is 77.6 cm³/mol. The molecular weight excluding hydrogens is 290 g/mol. The maximum Gasteiger partial charge on any atom is 0.345 e. The SMILES string of the molecule is C[C@@H](c1ccco1)N(C(=O)c1ccc(C(=O)O)s1)C1CC1. The van der Waals surface area contributed by atoms with Crippen molar-refractivity contribution >= 4 is 23.2 Å². The lowest BCUT2D eigenvalue weighted by Gasteiger charge is -2.27. The van der Waals surface area contributed by atoms with E-state index < -0.39 is 5.97 Å². The summed E-state index contributed by atoms with van der Waals surface area (Å²) < 4.78 is 5.40. The number of rotatable bonds is 5. The van der Waals surface area contributed by atoms with Crippen LogP contribution in [0.5, 0.6) is 0 Å². The predicted octanol–water partition coefficient (Wildman–Crippen LogP) is 3.41. The van der Waals surface area contributed by atoms with Gasteiger partial charge in [-0.15, -0.1) is 11.3 Å². The van der Waals surface area contributed by atoms with Crippen molar-refractivity contribution in [3.8, 4) is 0 Å². The smallest absolute Gasteiger partial charge is 0.345 e. The summed E-state index contributed by atoms with van der Waals surface area (Å²) in [5.41, 5.74) is 0. The molecular formula is C15H15NO4S. The standard InChI is InChI=1S/C15H15NO4S/c1-9(11-3-2-8-20-11)16(10-4-5-10)14(17)12-6-7-13(21-12)15(18)19/h2-3,6-10H,4-5H2,1H3,(H,18,19)/t9-/m0/s1. The van der Waals surface area contributed by atoms with Crippen molar-refractivity contribution in [3.05, 3.63) is 46.0 Å². The third-order valence-corrected chi connectivity index (χ3v) is 4.64. The van der Waals surface area contributed by atoms with Crippen molar-refractivity contribution in [2.24, 2.45) is 0 Å². The van der Waals surface area contributed by atoms with Crippen molar-refractivity contribution in [2.75, 3.05) is 0 Å². The molecule has 2 heterocycles. The second-order valence-electron chi connectivity index (χ2n) is 5.10. The molecule has 0 aromatic carbocycles. The first-order valence-electron chi connectivity index (χ1n) is 6.77. The van der Waals surface area contributed by atoms with Crippen LogP contribution in [0.15, 0.2) is 34.9 Å². The first kappa shape index (κ1) is 13.9. The van der Waals surface area contributed by atoms with Gasteiger partial charge in [0.2, 0.25) is 0 Å². The molecule has 5 nitrogen and oxygen atoms in total. The molecule has 1 aliphatic carbocycles. The summed E-state index contributed by atoms with van der Waals surface area (Å²) in [4.78, 5) is 26.1. The van der Waals surface area contributed by atoms with E-state index in [1.807, 2.05) is 13.0 Å². The lowest BCUT2D eigenvalue weighted by Crippen LogP contribution is -2.35. The fourth-order valence-corrected chi connectivity index (χ4v) is 3.16. The van der Waals surface area contributed by atoms with Crippen LogP contribution in [-0.2, 0) is 0 Å². The van der Waals surface area contributed by atoms with E-state index in [1.165, 1.54) is 6.07 Å². The zero-order chi connectivity index (χ0) is 15.0. The Balaban J connectivity index is 1.86. The Labute approximate surface area is 125 Å². The molecule has 0 radical (unpaired) electrons. The van der Waals surface area contributed by atoms with Gasteiger partial charge in [0.25, 0.3) is 5.91 Å². The van der Waals surface area contributed by atoms with Gasteiger partial charge in [-0.05, 0) is 44.0 Å². The van der Waals surface area contributed by atoms with Crippen LogP contribution in [0.1, 0.15) is 50.9 Å². The van der Waals surface area contributed by atoms with E-state index in [2.05, 4.69) is 0 Å². The minimum Gasteiger partial charge on any atom is -0.477 e. The number of hydrogen-bond donors (Lipinski definition) is 1. The fraction of sp³-hybridized carbons (Fsp3) is 0.333. The molecule has 0 spiro atoms. The quantitative estimate of drug-likeness (QED) is 0.919. The highest BCUT2D eigenvalue weighted by molar-refractivity contribution is 7.15. The average molecular weight is 305 g/mol. The minimum absolute atomic E-state index is 0.126. The number of amides is 1. The van der Waals surface area contributed by atoms with Gasteiger partial charge in [0, 0.05) is 6.04 Å². The molecule has 21 heavy (non-hydrogen) atoms. The normalized spacial score (nSPS) is 15.7. The number of carbonyl (C=O) groups is 2. The van der Waals surface area contributed by atoms with Crippen molar-refractivity contribution in [1.29, 1.82) is 0 Å². The monoisotopic (exact) mass is 305 g/mol. The van der Waals surface area contributed by atoms with Gasteiger partial charge >= 0.3 is 5.97 Å². The Kier molecular flexibility index (Phi) is 3.55. The number of nitrogens with zero attached hydrogens (tertiary/aromatic N) is 1. The van der Waals surface area contributed by atoms with E-state index in [9.17, 15) is 9.59 Å². The van der Waals surface area contributed by atoms with Gasteiger partial charge in [-0.1, -0.05) is 0 Å². The second kappa shape index (κ2) is 5.37. The topological polar surface area (TPSA) is 70.8 Å². The highest BCUT2D eigenvalue weighted by Gasteiger charge is 2.38. The summed E-state index contributed by atoms with van der Waals surface area (Å²) >= 11 is 1.02. The zero-order valence-electron chi connectivity index (χ0n) is 11.5. The fourth-order valence-electron chi connectivity index (χ4n) is 2.37. The molecule has 1 saturated carbocycles. The van der Waals surface area contributed by atoms with Gasteiger partial charge in [0.1, 0.15) is 10.6 Å². The molecule has 1 fully saturated rings. The highest BCUT2D eigenvalue weighted by Crippen LogP contribution is 2.36. The molecule has 0 bridgehead atoms. The number of hydrogen-bond acceptors (Lipinski definition) is 4. The van der Waals surface area contributed by atoms with Crippen LogP contribution < -0.4 is 0 Å². The third kappa shape index (κ3) is 2.71. The van der Waals surface area contributed by atoms with Crippen LogP contribution in [0.3, 0.4) is 0 Å². The summed E-state index contributed by atoms with van der Waals surface area (Å²) in [7, 11) is 0. The molecule has 1 atom stereocenters. The lowest BCUT2D eigenvalue weighted by molar-refractivity contribution is 0.0656. The summed E-state index contributed by atoms with van der Waals surface area (Å²) in [6, 6.07) is 6.77. The Bertz CT molecular complexity index is 657. The summed E-state index contributed by atoms with van der Waals surface area (Å²) in [5.74, 6) is -0.389. The summed E-state index contributed by atoms with van der Waals surface area (Å²) in [6.45, 7) is 1.93. The van der Waals surface area contributed by atoms with Gasteiger partial charge in [-0.2, -0.15) is 0 Å². The van der Waals surface area contributed by atoms with Crippen molar-refractivity contribution in [3.63, 3.8) is 0 Å². The first-order valence-corrected chi connectivity index (χ1v) is 7.58. The molecule has 1 aliphatic rings. The molecule has 6 heteroatoms. The van der Waals surface area contributed by atoms with Crippen LogP contribution in [-0.4, -0.2) is 27.9 Å². The number of aromatic carboxylic acids is 1. The van der Waals surface area contributed by atoms with E-state index >= 15 is 0 Å². The molecule has 1 amide bonds. The molecule has 0 aliphatic heterocycles. The maximum atomic E-state index is 12.7. The Morgan fingerprint density at radius 1 is 1.33 bits per heavy atom. The lowest BCUT2D eigenvalue weighted by atomic mass is 10.2. The number of thiophene rings is 1. The summed E-state index contributed by atoms with van der Waals surface area (Å²) in [6.07, 6.45) is 3.55. The van der Waals surface area contributed by atoms with E-state index in [1.54, 1.807) is 23.3 Å². The van der Waals surface area contributed by atoms with Crippen molar-refractivity contribution < 1.29 is 19.1 Å². The summed E-state index contributed by atoms with van der Waals surface area (Å²) in [5, 5.41) is 8.97. The molecule has 110 valence electrons. The zero-order valence-corrected chi connectivity index (χ0v) is 12.3. The Morgan fingerprint density at radius 2 is 2.05 bits per heavy atom. The Morgan fingerprint density at radius 3 is 2.57 bits per heavy atom. The van der Waals surface area contributed by atoms with Gasteiger partial charge in [0.15, 0.2) is 0 Å². The molecule has 1 N–H and O–H groups in total. The maximum absolute atomic E-state index is 12.7. The van der Waals surface area contributed by atoms with Gasteiger partial charge in [0.05, 0.1) is 17.2 Å². The van der Waals surface area contributed by atoms with Gasteiger partial charge in [-0.3, -0.25) is 4.79 Å². The third-order valence-electron chi connectivity index (χ3n) is 3.57. The van der Waals surface area contributed by atoms with Crippen LogP contribution in [0.2, 0.25) is 0 Å². The molecule has 0 saturated heterocycles. The van der Waals surface area contributed by atoms with E-state index in [0.29, 0.717) is 4.88 Å². The van der Waals surface area contributed by atoms with E-state index in [0.717, 1.165) is 29.9 Å². The van der Waals surface area contributed by atoms with Crippen LogP contribution in [0.25, 0.3) is 0 Å². The van der Waals surface area contributed by atoms with Crippen LogP contribution in [0, 0.1) is 0 Å². The molecule has 2 aromatic heterocycles. The molecule has 0 unspecified atom stereocenters. The van der Waals surface area contributed by atoms with Gasteiger partial charge in [-0.25, -0.2) is 4.79 Å². The van der Waals surface area contributed by atoms with E-state index in [4.69, 9.17) is 9.52 Å². The second-order valence-corrected chi connectivity index (χ2v) is 6.19. The number of carboxylic acid groups (broad SMARTS) is 1. The minimum atomic E-state index is -1.00. The Hall–Kier alpha value is -2.08. The first-order chi connectivity index (χ1) is 10.1. The number of furan rings is 1. The van der Waals surface area contributed by atoms with Crippen LogP contribution >= 0.6 is 11.3 Å². The molecule has 2 aromatic rings. The number of carboxylic acids is 1. The number of carbonyl (C=O) groups excluding carboxylic acids is 1. The van der Waals surface area contributed by atoms with Crippen molar-refractivity contribution in [1.82, 2.24) is 4.90 Å². The average Bonchev–Trinajstić information content (AvgIpc) is 3.00. The van der Waals surface area contributed by atoms with E-state index in [-0.39, 0.29) is 22.9 Å². The van der Waals surface area contributed by atoms with Crippen molar-refractivity contribution in [2.45, 2.75) is 31.8 Å². The van der Waals surface area contributed by atoms with Crippen LogP contribution in [0.4, 0.5) is 0 Å². The largest absolute Gasteiger partial charge is 0.477 e. The highest BCUT2D eigenvalue weighted by atomic mass is 32.1. The molecule has 3 rings (SSSR count). The van der Waals surface area contributed by atoms with Gasteiger partial charge < -0.3 is 14.4 Å².